The smallest absolute Gasteiger partial charge is 0.203 e. The number of aliphatic hydroxyl groups excluding tert-OH is 1. The minimum atomic E-state index is -0.857. The van der Waals surface area contributed by atoms with Gasteiger partial charge in [0, 0.05) is 13.2 Å². The molecular formula is C26H26Cl2N6O2. The maximum atomic E-state index is 10.9. The van der Waals surface area contributed by atoms with Gasteiger partial charge in [0.15, 0.2) is 0 Å². The summed E-state index contributed by atoms with van der Waals surface area (Å²) in [7, 11) is 3.57. The highest BCUT2D eigenvalue weighted by Gasteiger charge is 2.23. The Balaban J connectivity index is 1.47. The number of methoxy groups -OCH3 is 1. The third-order valence-electron chi connectivity index (χ3n) is 6.23. The number of benzene rings is 3. The number of hydrazine groups is 2. The van der Waals surface area contributed by atoms with Crippen molar-refractivity contribution >= 4 is 39.9 Å². The van der Waals surface area contributed by atoms with E-state index >= 15 is 0 Å². The van der Waals surface area contributed by atoms with Crippen LogP contribution in [0.25, 0.3) is 11.0 Å². The number of aliphatic hydroxyl groups is 1. The number of nitrogens with one attached hydrogen (secondary N) is 2. The molecule has 0 spiro atoms. The molecule has 1 unspecified atom stereocenters. The summed E-state index contributed by atoms with van der Waals surface area (Å²) in [4.78, 5) is 0. The summed E-state index contributed by atoms with van der Waals surface area (Å²) in [6.07, 6.45) is 1.13. The van der Waals surface area contributed by atoms with Crippen LogP contribution in [0, 0.1) is 5.41 Å². The third-order valence-corrected chi connectivity index (χ3v) is 6.96. The van der Waals surface area contributed by atoms with E-state index in [1.807, 2.05) is 76.5 Å². The van der Waals surface area contributed by atoms with Crippen molar-refractivity contribution < 1.29 is 9.84 Å². The molecule has 1 aromatic heterocycles. The first kappa shape index (κ1) is 24.3. The first-order valence-corrected chi connectivity index (χ1v) is 12.1. The van der Waals surface area contributed by atoms with E-state index in [0.29, 0.717) is 22.2 Å². The Morgan fingerprint density at radius 2 is 1.67 bits per heavy atom. The van der Waals surface area contributed by atoms with E-state index in [0.717, 1.165) is 28.2 Å². The fourth-order valence-electron chi connectivity index (χ4n) is 4.46. The Morgan fingerprint density at radius 3 is 2.39 bits per heavy atom. The number of anilines is 1. The van der Waals surface area contributed by atoms with E-state index in [1.54, 1.807) is 29.9 Å². The van der Waals surface area contributed by atoms with Gasteiger partial charge >= 0.3 is 0 Å². The van der Waals surface area contributed by atoms with Gasteiger partial charge in [0.25, 0.3) is 0 Å². The number of hydrogen-bond donors (Lipinski definition) is 3. The molecule has 0 saturated carbocycles. The zero-order chi connectivity index (χ0) is 25.4. The number of ether oxygens (including phenoxy) is 1. The molecule has 10 heteroatoms. The largest absolute Gasteiger partial charge is 0.495 e. The zero-order valence-electron chi connectivity index (χ0n) is 19.8. The van der Waals surface area contributed by atoms with E-state index in [9.17, 15) is 5.11 Å². The molecule has 1 atom stereocenters. The molecule has 0 saturated heterocycles. The van der Waals surface area contributed by atoms with Crippen LogP contribution in [0.2, 0.25) is 10.0 Å². The highest BCUT2D eigenvalue weighted by atomic mass is 35.5. The van der Waals surface area contributed by atoms with Crippen molar-refractivity contribution in [3.63, 3.8) is 0 Å². The fraction of sp³-hybridized carbons (Fsp3) is 0.192. The van der Waals surface area contributed by atoms with Crippen LogP contribution in [0.3, 0.4) is 0 Å². The Hall–Kier alpha value is -3.43. The molecule has 3 aromatic carbocycles. The van der Waals surface area contributed by atoms with Gasteiger partial charge in [-0.3, -0.25) is 10.4 Å². The van der Waals surface area contributed by atoms with E-state index in [4.69, 9.17) is 33.3 Å². The maximum Gasteiger partial charge on any atom is 0.203 e. The number of fused-ring (bicyclic) bond motifs is 1. The molecule has 8 nitrogen and oxygen atoms in total. The molecule has 186 valence electrons. The maximum absolute atomic E-state index is 10.9. The van der Waals surface area contributed by atoms with E-state index in [2.05, 4.69) is 5.43 Å². The van der Waals surface area contributed by atoms with Crippen molar-refractivity contribution in [2.24, 2.45) is 0 Å². The molecule has 4 aromatic rings. The van der Waals surface area contributed by atoms with Crippen LogP contribution in [0.1, 0.15) is 11.7 Å². The first-order chi connectivity index (χ1) is 17.4. The van der Waals surface area contributed by atoms with Crippen molar-refractivity contribution in [3.05, 3.63) is 99.9 Å². The van der Waals surface area contributed by atoms with Crippen LogP contribution < -0.4 is 20.8 Å². The molecular weight excluding hydrogens is 499 g/mol. The van der Waals surface area contributed by atoms with Crippen molar-refractivity contribution in [3.8, 4) is 5.75 Å². The van der Waals surface area contributed by atoms with Gasteiger partial charge in [-0.05, 0) is 42.0 Å². The summed E-state index contributed by atoms with van der Waals surface area (Å²) in [5, 5.41) is 24.6. The quantitative estimate of drug-likeness (QED) is 0.327. The molecule has 0 bridgehead atoms. The van der Waals surface area contributed by atoms with Gasteiger partial charge in [0.2, 0.25) is 5.62 Å². The van der Waals surface area contributed by atoms with Gasteiger partial charge in [-0.25, -0.2) is 0 Å². The van der Waals surface area contributed by atoms with Gasteiger partial charge in [0.05, 0.1) is 53.1 Å². The summed E-state index contributed by atoms with van der Waals surface area (Å²) in [5.74, 6) is 0.755. The highest BCUT2D eigenvalue weighted by molar-refractivity contribution is 6.42. The first-order valence-electron chi connectivity index (χ1n) is 11.4. The second-order valence-electron chi connectivity index (χ2n) is 8.50. The lowest BCUT2D eigenvalue weighted by Crippen LogP contribution is -2.39. The van der Waals surface area contributed by atoms with Gasteiger partial charge in [0.1, 0.15) is 11.4 Å². The summed E-state index contributed by atoms with van der Waals surface area (Å²) in [6, 6.07) is 20.7. The average Bonchev–Trinajstić information content (AvgIpc) is 3.38. The number of aromatic nitrogens is 2. The van der Waals surface area contributed by atoms with Crippen molar-refractivity contribution in [1.82, 2.24) is 19.7 Å². The number of imidazole rings is 1. The minimum absolute atomic E-state index is 0.198. The summed E-state index contributed by atoms with van der Waals surface area (Å²) in [6.45, 7) is 0.634. The van der Waals surface area contributed by atoms with Crippen molar-refractivity contribution in [2.75, 3.05) is 19.2 Å². The van der Waals surface area contributed by atoms with E-state index < -0.39 is 6.10 Å². The van der Waals surface area contributed by atoms with Crippen molar-refractivity contribution in [2.45, 2.75) is 19.2 Å². The van der Waals surface area contributed by atoms with Crippen LogP contribution in [0.15, 0.2) is 78.6 Å². The average molecular weight is 525 g/mol. The topological polar surface area (TPSA) is 81.7 Å². The predicted molar refractivity (Wildman–Crippen MR) is 142 cm³/mol. The van der Waals surface area contributed by atoms with Gasteiger partial charge in [-0.15, -0.1) is 5.12 Å². The Labute approximate surface area is 218 Å². The number of hydrogen-bond acceptors (Lipinski definition) is 6. The van der Waals surface area contributed by atoms with Crippen LogP contribution in [-0.2, 0) is 13.1 Å². The van der Waals surface area contributed by atoms with Gasteiger partial charge < -0.3 is 24.4 Å². The Morgan fingerprint density at radius 1 is 0.972 bits per heavy atom. The molecule has 1 aliphatic heterocycles. The Bertz CT molecular complexity index is 1510. The third kappa shape index (κ3) is 4.44. The summed E-state index contributed by atoms with van der Waals surface area (Å²) >= 11 is 12.2. The molecule has 0 amide bonds. The van der Waals surface area contributed by atoms with Crippen LogP contribution in [0.5, 0.6) is 5.75 Å². The molecule has 3 N–H and O–H groups in total. The van der Waals surface area contributed by atoms with Crippen LogP contribution >= 0.6 is 23.2 Å². The molecule has 2 heterocycles. The molecule has 5 rings (SSSR count). The van der Waals surface area contributed by atoms with Gasteiger partial charge in [-0.2, -0.15) is 0 Å². The molecule has 0 aliphatic carbocycles. The minimum Gasteiger partial charge on any atom is -0.495 e. The molecule has 0 fully saturated rings. The number of para-hydroxylation sites is 4. The monoisotopic (exact) mass is 524 g/mol. The lowest BCUT2D eigenvalue weighted by molar-refractivity contribution is 0.155. The number of nitrogens with zero attached hydrogens (tertiary/aromatic N) is 4. The second kappa shape index (κ2) is 9.91. The van der Waals surface area contributed by atoms with Crippen LogP contribution in [-0.4, -0.2) is 33.5 Å². The van der Waals surface area contributed by atoms with E-state index in [-0.39, 0.29) is 12.2 Å². The normalized spacial score (nSPS) is 14.7. The summed E-state index contributed by atoms with van der Waals surface area (Å²) in [5.41, 5.74) is 7.82. The zero-order valence-corrected chi connectivity index (χ0v) is 21.3. The van der Waals surface area contributed by atoms with Gasteiger partial charge in [-0.1, -0.05) is 53.5 Å². The highest BCUT2D eigenvalue weighted by Crippen LogP contribution is 2.31. The van der Waals surface area contributed by atoms with Crippen molar-refractivity contribution in [1.29, 1.82) is 5.41 Å². The SMILES string of the molecule is COc1ccccc1N1C=C(Cn2c(=N)n(CC(O)c3ccc(Cl)c(Cl)c3)c3ccccc32)NN1C. The lowest BCUT2D eigenvalue weighted by atomic mass is 10.1. The molecule has 1 aliphatic rings. The molecule has 36 heavy (non-hydrogen) atoms. The standard InChI is InChI=1S/C26H26Cl2N6O2/c1-31-30-18(15-34(31)23-9-5-6-10-25(23)36-2)14-32-21-7-3-4-8-22(21)33(26(32)29)16-24(35)17-11-12-19(27)20(28)13-17/h3-13,15,24,29-30,35H,14,16H2,1-2H3. The second-order valence-corrected chi connectivity index (χ2v) is 9.32. The lowest BCUT2D eigenvalue weighted by Gasteiger charge is -2.26. The number of rotatable bonds is 7. The predicted octanol–water partition coefficient (Wildman–Crippen LogP) is 4.68. The van der Waals surface area contributed by atoms with Crippen LogP contribution in [0.4, 0.5) is 5.69 Å². The Kier molecular flexibility index (Phi) is 6.68. The fourth-order valence-corrected chi connectivity index (χ4v) is 4.77. The molecule has 0 radical (unpaired) electrons. The van der Waals surface area contributed by atoms with E-state index in [1.165, 1.54) is 0 Å². The number of halogens is 2. The number of allylic oxidation sites excluding steroid dienone is 1. The summed E-state index contributed by atoms with van der Waals surface area (Å²) < 4.78 is 9.24.